The van der Waals surface area contributed by atoms with E-state index in [4.69, 9.17) is 0 Å². The zero-order valence-electron chi connectivity index (χ0n) is 14.4. The van der Waals surface area contributed by atoms with Crippen molar-refractivity contribution in [2.45, 2.75) is 12.8 Å². The molecule has 1 aliphatic carbocycles. The highest BCUT2D eigenvalue weighted by molar-refractivity contribution is 5.99. The molecule has 26 heavy (non-hydrogen) atoms. The summed E-state index contributed by atoms with van der Waals surface area (Å²) in [5.74, 6) is 7.44. The molecular weight excluding hydrogens is 330 g/mol. The molecule has 1 fully saturated rings. The van der Waals surface area contributed by atoms with E-state index in [0.29, 0.717) is 17.3 Å². The first-order valence-corrected chi connectivity index (χ1v) is 8.30. The van der Waals surface area contributed by atoms with Gasteiger partial charge in [-0.3, -0.25) is 9.48 Å². The summed E-state index contributed by atoms with van der Waals surface area (Å²) in [5.41, 5.74) is 1.31. The summed E-state index contributed by atoms with van der Waals surface area (Å²) < 4.78 is 1.60. The standard InChI is InChI=1S/C18H17N7O/c1-19-17-15-9-20-16(22-18(26)11-3-4-11)7-14(15)12(8-21-17)5-6-13-10-25(2)24-23-13/h7-11H,3-4H2,1-2H3,(H,19,21)(H,20,22,26). The van der Waals surface area contributed by atoms with Gasteiger partial charge in [-0.25, -0.2) is 9.97 Å². The van der Waals surface area contributed by atoms with Crippen molar-refractivity contribution >= 4 is 28.3 Å². The van der Waals surface area contributed by atoms with Crippen LogP contribution in [0.3, 0.4) is 0 Å². The highest BCUT2D eigenvalue weighted by Gasteiger charge is 2.29. The largest absolute Gasteiger partial charge is 0.373 e. The van der Waals surface area contributed by atoms with Crippen molar-refractivity contribution in [3.8, 4) is 11.8 Å². The van der Waals surface area contributed by atoms with Gasteiger partial charge in [0.05, 0.1) is 11.8 Å². The van der Waals surface area contributed by atoms with Crippen LogP contribution in [0.2, 0.25) is 0 Å². The lowest BCUT2D eigenvalue weighted by atomic mass is 10.1. The third-order valence-electron chi connectivity index (χ3n) is 4.14. The van der Waals surface area contributed by atoms with Crippen molar-refractivity contribution in [2.75, 3.05) is 17.7 Å². The highest BCUT2D eigenvalue weighted by Crippen LogP contribution is 2.31. The minimum Gasteiger partial charge on any atom is -0.373 e. The number of aromatic nitrogens is 5. The van der Waals surface area contributed by atoms with E-state index in [1.54, 1.807) is 37.4 Å². The lowest BCUT2D eigenvalue weighted by Crippen LogP contribution is -2.14. The second kappa shape index (κ2) is 6.44. The number of amides is 1. The van der Waals surface area contributed by atoms with Crippen LogP contribution in [0.15, 0.2) is 24.7 Å². The van der Waals surface area contributed by atoms with E-state index in [9.17, 15) is 4.79 Å². The maximum absolute atomic E-state index is 12.0. The molecule has 0 radical (unpaired) electrons. The van der Waals surface area contributed by atoms with Crippen LogP contribution >= 0.6 is 0 Å². The zero-order chi connectivity index (χ0) is 18.1. The summed E-state index contributed by atoms with van der Waals surface area (Å²) >= 11 is 0. The van der Waals surface area contributed by atoms with E-state index >= 15 is 0 Å². The van der Waals surface area contributed by atoms with Gasteiger partial charge in [-0.1, -0.05) is 11.1 Å². The van der Waals surface area contributed by atoms with Crippen molar-refractivity contribution in [3.63, 3.8) is 0 Å². The fraction of sp³-hybridized carbons (Fsp3) is 0.278. The molecule has 8 heteroatoms. The predicted octanol–water partition coefficient (Wildman–Crippen LogP) is 1.55. The number of anilines is 2. The molecule has 1 amide bonds. The maximum atomic E-state index is 12.0. The first kappa shape index (κ1) is 16.0. The van der Waals surface area contributed by atoms with Gasteiger partial charge in [0.1, 0.15) is 11.6 Å². The Morgan fingerprint density at radius 2 is 2.08 bits per heavy atom. The van der Waals surface area contributed by atoms with E-state index in [2.05, 4.69) is 42.8 Å². The second-order valence-electron chi connectivity index (χ2n) is 6.18. The second-order valence-corrected chi connectivity index (χ2v) is 6.18. The molecule has 0 saturated heterocycles. The Hall–Kier alpha value is -3.47. The quantitative estimate of drug-likeness (QED) is 0.698. The van der Waals surface area contributed by atoms with Crippen LogP contribution in [0.25, 0.3) is 10.8 Å². The number of fused-ring (bicyclic) bond motifs is 1. The van der Waals surface area contributed by atoms with Gasteiger partial charge in [-0.05, 0) is 24.8 Å². The van der Waals surface area contributed by atoms with Crippen molar-refractivity contribution < 1.29 is 4.79 Å². The van der Waals surface area contributed by atoms with E-state index < -0.39 is 0 Å². The summed E-state index contributed by atoms with van der Waals surface area (Å²) in [4.78, 5) is 20.7. The summed E-state index contributed by atoms with van der Waals surface area (Å²) in [5, 5.41) is 15.5. The van der Waals surface area contributed by atoms with Crippen molar-refractivity contribution in [3.05, 3.63) is 35.9 Å². The molecule has 3 aromatic heterocycles. The minimum absolute atomic E-state index is 0.0203. The average molecular weight is 347 g/mol. The number of hydrogen-bond donors (Lipinski definition) is 2. The Labute approximate surface area is 150 Å². The van der Waals surface area contributed by atoms with Crippen LogP contribution in [-0.2, 0) is 11.8 Å². The first-order valence-electron chi connectivity index (χ1n) is 8.30. The molecule has 4 rings (SSSR count). The SMILES string of the molecule is CNc1ncc(C#Cc2cn(C)nn2)c2cc(NC(=O)C3CC3)ncc12. The Morgan fingerprint density at radius 1 is 1.23 bits per heavy atom. The number of pyridine rings is 2. The molecule has 1 aliphatic rings. The number of hydrogen-bond acceptors (Lipinski definition) is 6. The van der Waals surface area contributed by atoms with Crippen molar-refractivity contribution in [1.29, 1.82) is 0 Å². The molecule has 0 bridgehead atoms. The van der Waals surface area contributed by atoms with Crippen LogP contribution < -0.4 is 10.6 Å². The fourth-order valence-electron chi connectivity index (χ4n) is 2.61. The predicted molar refractivity (Wildman–Crippen MR) is 97.4 cm³/mol. The Kier molecular flexibility index (Phi) is 3.97. The monoisotopic (exact) mass is 347 g/mol. The molecule has 0 aromatic carbocycles. The topological polar surface area (TPSA) is 97.6 Å². The Balaban J connectivity index is 1.75. The first-order chi connectivity index (χ1) is 12.6. The van der Waals surface area contributed by atoms with E-state index in [1.807, 2.05) is 6.07 Å². The molecule has 1 saturated carbocycles. The number of nitrogens with zero attached hydrogens (tertiary/aromatic N) is 5. The van der Waals surface area contributed by atoms with E-state index in [1.165, 1.54) is 0 Å². The van der Waals surface area contributed by atoms with Gasteiger partial charge in [0.2, 0.25) is 5.91 Å². The highest BCUT2D eigenvalue weighted by atomic mass is 16.2. The van der Waals surface area contributed by atoms with Crippen LogP contribution in [0.1, 0.15) is 24.1 Å². The molecule has 8 nitrogen and oxygen atoms in total. The third kappa shape index (κ3) is 3.19. The van der Waals surface area contributed by atoms with Crippen LogP contribution in [-0.4, -0.2) is 37.9 Å². The molecule has 130 valence electrons. The number of carbonyl (C=O) groups is 1. The molecule has 2 N–H and O–H groups in total. The van der Waals surface area contributed by atoms with Gasteiger partial charge in [0, 0.05) is 43.2 Å². The number of nitrogens with one attached hydrogen (secondary N) is 2. The molecule has 3 heterocycles. The summed E-state index contributed by atoms with van der Waals surface area (Å²) in [6.07, 6.45) is 7.03. The average Bonchev–Trinajstić information content (AvgIpc) is 3.42. The van der Waals surface area contributed by atoms with Crippen molar-refractivity contribution in [2.24, 2.45) is 13.0 Å². The summed E-state index contributed by atoms with van der Waals surface area (Å²) in [6.45, 7) is 0. The van der Waals surface area contributed by atoms with Gasteiger partial charge in [0.15, 0.2) is 5.69 Å². The lowest BCUT2D eigenvalue weighted by Gasteiger charge is -2.09. The fourth-order valence-corrected chi connectivity index (χ4v) is 2.61. The van der Waals surface area contributed by atoms with Crippen LogP contribution in [0.4, 0.5) is 11.6 Å². The van der Waals surface area contributed by atoms with Gasteiger partial charge in [-0.2, -0.15) is 0 Å². The number of aryl methyl sites for hydroxylation is 1. The van der Waals surface area contributed by atoms with E-state index in [-0.39, 0.29) is 11.8 Å². The molecular formula is C18H17N7O. The Bertz CT molecular complexity index is 1060. The van der Waals surface area contributed by atoms with Crippen LogP contribution in [0, 0.1) is 17.8 Å². The molecule has 0 unspecified atom stereocenters. The summed E-state index contributed by atoms with van der Waals surface area (Å²) in [7, 11) is 3.59. The maximum Gasteiger partial charge on any atom is 0.228 e. The molecule has 0 spiro atoms. The minimum atomic E-state index is 0.0203. The smallest absolute Gasteiger partial charge is 0.228 e. The van der Waals surface area contributed by atoms with Gasteiger partial charge in [0.25, 0.3) is 0 Å². The lowest BCUT2D eigenvalue weighted by molar-refractivity contribution is -0.117. The van der Waals surface area contributed by atoms with E-state index in [0.717, 1.165) is 29.2 Å². The number of carbonyl (C=O) groups excluding carboxylic acids is 1. The van der Waals surface area contributed by atoms with Gasteiger partial charge >= 0.3 is 0 Å². The molecule has 0 aliphatic heterocycles. The summed E-state index contributed by atoms with van der Waals surface area (Å²) in [6, 6.07) is 1.83. The van der Waals surface area contributed by atoms with Gasteiger partial charge in [-0.15, -0.1) is 5.10 Å². The molecule has 0 atom stereocenters. The zero-order valence-corrected chi connectivity index (χ0v) is 14.4. The Morgan fingerprint density at radius 3 is 2.77 bits per heavy atom. The number of rotatable bonds is 3. The van der Waals surface area contributed by atoms with Gasteiger partial charge < -0.3 is 10.6 Å². The normalized spacial score (nSPS) is 13.2. The van der Waals surface area contributed by atoms with Crippen molar-refractivity contribution in [1.82, 2.24) is 25.0 Å². The third-order valence-corrected chi connectivity index (χ3v) is 4.14. The molecule has 3 aromatic rings. The van der Waals surface area contributed by atoms with Crippen LogP contribution in [0.5, 0.6) is 0 Å².